The number of rotatable bonds is 1. The predicted octanol–water partition coefficient (Wildman–Crippen LogP) is 3.01. The fraction of sp³-hybridized carbons (Fsp3) is 0.600. The second-order valence-corrected chi connectivity index (χ2v) is 8.12. The Morgan fingerprint density at radius 1 is 1.38 bits per heavy atom. The van der Waals surface area contributed by atoms with E-state index < -0.39 is 0 Å². The van der Waals surface area contributed by atoms with E-state index in [1.807, 2.05) is 12.1 Å². The molecule has 0 bridgehead atoms. The van der Waals surface area contributed by atoms with Gasteiger partial charge in [-0.1, -0.05) is 26.0 Å². The molecule has 4 nitrogen and oxygen atoms in total. The minimum absolute atomic E-state index is 0.0648. The molecule has 1 aliphatic carbocycles. The maximum Gasteiger partial charge on any atom is 0.124 e. The molecule has 0 radical (unpaired) electrons. The molecule has 1 spiro atoms. The summed E-state index contributed by atoms with van der Waals surface area (Å²) in [4.78, 5) is 2.34. The fourth-order valence-electron chi connectivity index (χ4n) is 4.78. The third-order valence-electron chi connectivity index (χ3n) is 6.19. The first-order chi connectivity index (χ1) is 11.2. The number of benzene rings is 1. The van der Waals surface area contributed by atoms with Crippen LogP contribution in [0.3, 0.4) is 0 Å². The Morgan fingerprint density at radius 3 is 2.71 bits per heavy atom. The highest BCUT2D eigenvalue weighted by atomic mass is 16.5. The van der Waals surface area contributed by atoms with Crippen LogP contribution in [0.1, 0.15) is 43.4 Å². The molecule has 0 aromatic heterocycles. The average molecular weight is 330 g/mol. The molecule has 4 heteroatoms. The topological polar surface area (TPSA) is 58.7 Å². The van der Waals surface area contributed by atoms with Crippen molar-refractivity contribution in [1.82, 2.24) is 4.90 Å². The lowest BCUT2D eigenvalue weighted by molar-refractivity contribution is 0.0807. The van der Waals surface area contributed by atoms with Crippen LogP contribution in [0.4, 0.5) is 5.69 Å². The van der Waals surface area contributed by atoms with Gasteiger partial charge < -0.3 is 20.5 Å². The van der Waals surface area contributed by atoms with Gasteiger partial charge in [0.15, 0.2) is 0 Å². The van der Waals surface area contributed by atoms with Crippen molar-refractivity contribution in [3.63, 3.8) is 0 Å². The van der Waals surface area contributed by atoms with Crippen LogP contribution < -0.4 is 10.5 Å². The number of methoxy groups -OCH3 is 1. The zero-order valence-electron chi connectivity index (χ0n) is 15.5. The number of hydrogen-bond acceptors (Lipinski definition) is 4. The highest BCUT2D eigenvalue weighted by Gasteiger charge is 2.50. The third-order valence-corrected chi connectivity index (χ3v) is 6.19. The van der Waals surface area contributed by atoms with Gasteiger partial charge in [0.05, 0.1) is 13.2 Å². The van der Waals surface area contributed by atoms with Gasteiger partial charge in [-0.25, -0.2) is 0 Å². The van der Waals surface area contributed by atoms with E-state index in [1.165, 1.54) is 16.7 Å². The molecular weight excluding hydrogens is 300 g/mol. The lowest BCUT2D eigenvalue weighted by Crippen LogP contribution is -2.46. The van der Waals surface area contributed by atoms with E-state index in [2.05, 4.69) is 38.8 Å². The van der Waals surface area contributed by atoms with E-state index >= 15 is 0 Å². The van der Waals surface area contributed by atoms with Crippen molar-refractivity contribution in [2.24, 2.45) is 5.41 Å². The Morgan fingerprint density at radius 2 is 2.08 bits per heavy atom. The molecule has 1 heterocycles. The lowest BCUT2D eigenvalue weighted by Gasteiger charge is -2.50. The van der Waals surface area contributed by atoms with Crippen LogP contribution in [0.5, 0.6) is 5.75 Å². The molecule has 2 aliphatic rings. The molecule has 132 valence electrons. The molecule has 0 saturated carbocycles. The number of nitrogens with zero attached hydrogens (tertiary/aromatic N) is 1. The summed E-state index contributed by atoms with van der Waals surface area (Å²) in [7, 11) is 3.85. The summed E-state index contributed by atoms with van der Waals surface area (Å²) in [6, 6.07) is 1.95. The molecule has 1 aromatic rings. The Hall–Kier alpha value is -1.52. The maximum absolute atomic E-state index is 10.2. The molecule has 3 rings (SSSR count). The van der Waals surface area contributed by atoms with Gasteiger partial charge in [0.2, 0.25) is 0 Å². The van der Waals surface area contributed by atoms with E-state index in [-0.39, 0.29) is 16.9 Å². The monoisotopic (exact) mass is 330 g/mol. The summed E-state index contributed by atoms with van der Waals surface area (Å²) in [5, 5.41) is 10.2. The van der Waals surface area contributed by atoms with Crippen LogP contribution in [-0.2, 0) is 12.0 Å². The molecule has 3 N–H and O–H groups in total. The van der Waals surface area contributed by atoms with Crippen molar-refractivity contribution in [3.05, 3.63) is 34.9 Å². The van der Waals surface area contributed by atoms with Crippen molar-refractivity contribution >= 4 is 5.69 Å². The number of nitrogen functional groups attached to an aromatic ring is 1. The third kappa shape index (κ3) is 2.44. The lowest BCUT2D eigenvalue weighted by atomic mass is 9.54. The average Bonchev–Trinajstić information content (AvgIpc) is 2.65. The van der Waals surface area contributed by atoms with Crippen molar-refractivity contribution in [2.75, 3.05) is 26.4 Å². The van der Waals surface area contributed by atoms with E-state index in [4.69, 9.17) is 10.5 Å². The molecule has 1 aromatic carbocycles. The fourth-order valence-corrected chi connectivity index (χ4v) is 4.78. The van der Waals surface area contributed by atoms with Crippen LogP contribution in [0.25, 0.3) is 0 Å². The van der Waals surface area contributed by atoms with E-state index in [9.17, 15) is 5.11 Å². The Labute approximate surface area is 145 Å². The van der Waals surface area contributed by atoms with Gasteiger partial charge in [-0.2, -0.15) is 0 Å². The Balaban J connectivity index is 2.35. The number of anilines is 1. The minimum Gasteiger partial charge on any atom is -0.496 e. The van der Waals surface area contributed by atoms with E-state index in [1.54, 1.807) is 7.11 Å². The number of aliphatic hydroxyl groups is 1. The summed E-state index contributed by atoms with van der Waals surface area (Å²) >= 11 is 0. The smallest absolute Gasteiger partial charge is 0.124 e. The summed E-state index contributed by atoms with van der Waals surface area (Å²) in [5.74, 6) is 0.852. The highest BCUT2D eigenvalue weighted by Crippen LogP contribution is 2.55. The van der Waals surface area contributed by atoms with Crippen LogP contribution in [-0.4, -0.2) is 36.8 Å². The van der Waals surface area contributed by atoms with Gasteiger partial charge in [0, 0.05) is 23.7 Å². The normalized spacial score (nSPS) is 29.3. The quantitative estimate of drug-likeness (QED) is 0.614. The number of nitrogens with two attached hydrogens (primary N) is 1. The Bertz CT molecular complexity index is 681. The first-order valence-corrected chi connectivity index (χ1v) is 8.74. The number of fused-ring (bicyclic) bond motifs is 2. The molecule has 0 unspecified atom stereocenters. The predicted molar refractivity (Wildman–Crippen MR) is 98.3 cm³/mol. The minimum atomic E-state index is -0.377. The number of ether oxygens (including phenoxy) is 1. The summed E-state index contributed by atoms with van der Waals surface area (Å²) < 4.78 is 5.62. The molecule has 0 amide bonds. The summed E-state index contributed by atoms with van der Waals surface area (Å²) in [5.41, 5.74) is 10.7. The van der Waals surface area contributed by atoms with E-state index in [0.29, 0.717) is 0 Å². The molecular formula is C20H30N2O2. The highest BCUT2D eigenvalue weighted by molar-refractivity contribution is 5.64. The zero-order valence-corrected chi connectivity index (χ0v) is 15.5. The van der Waals surface area contributed by atoms with Gasteiger partial charge in [-0.15, -0.1) is 0 Å². The van der Waals surface area contributed by atoms with Gasteiger partial charge in [-0.05, 0) is 55.5 Å². The first-order valence-electron chi connectivity index (χ1n) is 8.74. The molecule has 0 fully saturated rings. The SMILES string of the molecule is COc1cc(N)c2c(c1C)[C@]1(C=C[C@@H](O)CC1(C)C)CCN(C)C2. The Kier molecular flexibility index (Phi) is 4.17. The van der Waals surface area contributed by atoms with Crippen LogP contribution in [0.15, 0.2) is 18.2 Å². The standard InChI is InChI=1S/C20H30N2O2/c1-13-17(24-5)10-16(21)15-12-22(4)9-8-20(18(13)15)7-6-14(23)11-19(20,2)3/h6-7,10,14,23H,8-9,11-12,21H2,1-5H3/t14-,20+/m1/s1. The van der Waals surface area contributed by atoms with E-state index in [0.717, 1.165) is 37.4 Å². The van der Waals surface area contributed by atoms with Gasteiger partial charge in [0.25, 0.3) is 0 Å². The summed E-state index contributed by atoms with van der Waals surface area (Å²) in [6.07, 6.45) is 5.60. The maximum atomic E-state index is 10.2. The number of allylic oxidation sites excluding steroid dienone is 1. The molecule has 2 atom stereocenters. The van der Waals surface area contributed by atoms with Gasteiger partial charge in [0.1, 0.15) is 5.75 Å². The second kappa shape index (κ2) is 5.78. The van der Waals surface area contributed by atoms with Crippen molar-refractivity contribution in [2.45, 2.75) is 51.7 Å². The van der Waals surface area contributed by atoms with Crippen molar-refractivity contribution in [3.8, 4) is 5.75 Å². The van der Waals surface area contributed by atoms with Crippen LogP contribution in [0.2, 0.25) is 0 Å². The zero-order chi connectivity index (χ0) is 17.7. The molecule has 24 heavy (non-hydrogen) atoms. The van der Waals surface area contributed by atoms with Crippen molar-refractivity contribution in [1.29, 1.82) is 0 Å². The van der Waals surface area contributed by atoms with Gasteiger partial charge >= 0.3 is 0 Å². The largest absolute Gasteiger partial charge is 0.496 e. The molecule has 1 aliphatic heterocycles. The number of hydrogen-bond donors (Lipinski definition) is 2. The second-order valence-electron chi connectivity index (χ2n) is 8.12. The first kappa shape index (κ1) is 17.3. The number of aliphatic hydroxyl groups excluding tert-OH is 1. The van der Waals surface area contributed by atoms with Gasteiger partial charge in [-0.3, -0.25) is 0 Å². The van der Waals surface area contributed by atoms with Crippen LogP contribution >= 0.6 is 0 Å². The molecule has 0 saturated heterocycles. The van der Waals surface area contributed by atoms with Crippen LogP contribution in [0, 0.1) is 12.3 Å². The van der Waals surface area contributed by atoms with Crippen molar-refractivity contribution < 1.29 is 9.84 Å². The summed E-state index contributed by atoms with van der Waals surface area (Å²) in [6.45, 7) is 8.52.